The van der Waals surface area contributed by atoms with Crippen LogP contribution in [0.3, 0.4) is 0 Å². The highest BCUT2D eigenvalue weighted by Crippen LogP contribution is 2.05. The van der Waals surface area contributed by atoms with Crippen molar-refractivity contribution in [3.05, 3.63) is 71.3 Å². The lowest BCUT2D eigenvalue weighted by molar-refractivity contribution is -0.121. The lowest BCUT2D eigenvalue weighted by Crippen LogP contribution is -2.26. The number of hydrogen-bond donors (Lipinski definition) is 1. The molecule has 0 radical (unpaired) electrons. The minimum Gasteiger partial charge on any atom is -0.356 e. The van der Waals surface area contributed by atoms with Crippen molar-refractivity contribution in [2.75, 3.05) is 6.54 Å². The molecule has 2 aromatic carbocycles. The van der Waals surface area contributed by atoms with Gasteiger partial charge in [-0.1, -0.05) is 60.2 Å². The predicted octanol–water partition coefficient (Wildman–Crippen LogP) is 3.32. The largest absolute Gasteiger partial charge is 0.356 e. The molecule has 0 aliphatic rings. The molecule has 0 heterocycles. The van der Waals surface area contributed by atoms with Crippen LogP contribution < -0.4 is 5.32 Å². The Morgan fingerprint density at radius 1 is 0.909 bits per heavy atom. The number of rotatable bonds is 7. The van der Waals surface area contributed by atoms with Gasteiger partial charge in [-0.3, -0.25) is 9.59 Å². The van der Waals surface area contributed by atoms with Crippen LogP contribution in [0.2, 0.25) is 0 Å². The van der Waals surface area contributed by atoms with Crippen LogP contribution in [0.15, 0.2) is 54.6 Å². The smallest absolute Gasteiger partial charge is 0.220 e. The maximum Gasteiger partial charge on any atom is 0.220 e. The number of Topliss-reactive ketones (excluding diaryl/α,β-unsaturated/α-hetero) is 1. The fourth-order valence-corrected chi connectivity index (χ4v) is 2.18. The van der Waals surface area contributed by atoms with Crippen molar-refractivity contribution in [1.29, 1.82) is 0 Å². The monoisotopic (exact) mass is 295 g/mol. The maximum absolute atomic E-state index is 11.9. The molecule has 1 amide bonds. The highest BCUT2D eigenvalue weighted by Gasteiger charge is 2.08. The molecule has 2 rings (SSSR count). The van der Waals surface area contributed by atoms with Gasteiger partial charge in [-0.2, -0.15) is 0 Å². The van der Waals surface area contributed by atoms with Gasteiger partial charge >= 0.3 is 0 Å². The number of aryl methyl sites for hydroxylation is 1. The van der Waals surface area contributed by atoms with Crippen LogP contribution in [-0.2, 0) is 11.2 Å². The molecule has 114 valence electrons. The Balaban J connectivity index is 1.68. The molecule has 1 N–H and O–H groups in total. The molecule has 3 heteroatoms. The Hall–Kier alpha value is -2.42. The zero-order valence-electron chi connectivity index (χ0n) is 12.8. The van der Waals surface area contributed by atoms with E-state index >= 15 is 0 Å². The van der Waals surface area contributed by atoms with Crippen molar-refractivity contribution >= 4 is 11.7 Å². The minimum atomic E-state index is -0.0728. The number of carbonyl (C=O) groups excluding carboxylic acids is 2. The molecule has 0 aliphatic carbocycles. The van der Waals surface area contributed by atoms with Gasteiger partial charge in [0.15, 0.2) is 5.78 Å². The molecule has 3 nitrogen and oxygen atoms in total. The van der Waals surface area contributed by atoms with E-state index in [4.69, 9.17) is 0 Å². The quantitative estimate of drug-likeness (QED) is 0.797. The van der Waals surface area contributed by atoms with Gasteiger partial charge in [-0.05, 0) is 18.9 Å². The van der Waals surface area contributed by atoms with Crippen molar-refractivity contribution < 1.29 is 9.59 Å². The zero-order valence-corrected chi connectivity index (χ0v) is 12.8. The Kier molecular flexibility index (Phi) is 5.90. The minimum absolute atomic E-state index is 0.00860. The van der Waals surface area contributed by atoms with E-state index in [2.05, 4.69) is 36.5 Å². The highest BCUT2D eigenvalue weighted by molar-refractivity contribution is 5.97. The van der Waals surface area contributed by atoms with Crippen LogP contribution in [0.1, 0.15) is 34.3 Å². The second-order valence-electron chi connectivity index (χ2n) is 5.37. The van der Waals surface area contributed by atoms with Crippen molar-refractivity contribution in [1.82, 2.24) is 5.32 Å². The van der Waals surface area contributed by atoms with Crippen LogP contribution in [0.4, 0.5) is 0 Å². The summed E-state index contributed by atoms with van der Waals surface area (Å²) in [7, 11) is 0. The third-order valence-corrected chi connectivity index (χ3v) is 3.53. The van der Waals surface area contributed by atoms with Crippen LogP contribution in [0.5, 0.6) is 0 Å². The van der Waals surface area contributed by atoms with Gasteiger partial charge in [0.05, 0.1) is 0 Å². The summed E-state index contributed by atoms with van der Waals surface area (Å²) in [4.78, 5) is 23.7. The van der Waals surface area contributed by atoms with Gasteiger partial charge in [0.25, 0.3) is 0 Å². The van der Waals surface area contributed by atoms with Crippen LogP contribution in [0.25, 0.3) is 0 Å². The summed E-state index contributed by atoms with van der Waals surface area (Å²) in [6, 6.07) is 17.3. The molecule has 0 spiro atoms. The Morgan fingerprint density at radius 3 is 2.27 bits per heavy atom. The van der Waals surface area contributed by atoms with E-state index in [1.165, 1.54) is 11.1 Å². The number of amides is 1. The summed E-state index contributed by atoms with van der Waals surface area (Å²) in [5.74, 6) is -0.0642. The molecule has 22 heavy (non-hydrogen) atoms. The second kappa shape index (κ2) is 8.13. The Bertz CT molecular complexity index is 618. The van der Waals surface area contributed by atoms with Crippen LogP contribution in [0, 0.1) is 6.92 Å². The molecule has 0 aliphatic heterocycles. The summed E-state index contributed by atoms with van der Waals surface area (Å²) in [5.41, 5.74) is 3.09. The standard InChI is InChI=1S/C19H21NO2/c1-15-7-9-16(10-8-15)13-14-20-19(22)12-11-18(21)17-5-3-2-4-6-17/h2-10H,11-14H2,1H3,(H,20,22). The topological polar surface area (TPSA) is 46.2 Å². The number of benzene rings is 2. The maximum atomic E-state index is 11.9. The molecule has 2 aromatic rings. The van der Waals surface area contributed by atoms with Gasteiger partial charge in [-0.15, -0.1) is 0 Å². The molecule has 0 saturated carbocycles. The van der Waals surface area contributed by atoms with Crippen LogP contribution in [-0.4, -0.2) is 18.2 Å². The first-order valence-electron chi connectivity index (χ1n) is 7.55. The molecule has 0 atom stereocenters. The average Bonchev–Trinajstić information content (AvgIpc) is 2.55. The van der Waals surface area contributed by atoms with Gasteiger partial charge in [-0.25, -0.2) is 0 Å². The fraction of sp³-hybridized carbons (Fsp3) is 0.263. The SMILES string of the molecule is Cc1ccc(CCNC(=O)CCC(=O)c2ccccc2)cc1. The van der Waals surface area contributed by atoms with Crippen molar-refractivity contribution in [2.24, 2.45) is 0 Å². The molecule has 0 unspecified atom stereocenters. The molecule has 0 fully saturated rings. The number of nitrogens with one attached hydrogen (secondary N) is 1. The summed E-state index contributed by atoms with van der Waals surface area (Å²) in [5, 5.41) is 2.86. The Labute approximate surface area is 131 Å². The van der Waals surface area contributed by atoms with Gasteiger partial charge in [0, 0.05) is 24.9 Å². The van der Waals surface area contributed by atoms with E-state index in [0.717, 1.165) is 6.42 Å². The molecule has 0 saturated heterocycles. The van der Waals surface area contributed by atoms with Gasteiger partial charge in [0.1, 0.15) is 0 Å². The third-order valence-electron chi connectivity index (χ3n) is 3.53. The van der Waals surface area contributed by atoms with E-state index in [1.54, 1.807) is 12.1 Å². The summed E-state index contributed by atoms with van der Waals surface area (Å²) >= 11 is 0. The van der Waals surface area contributed by atoms with E-state index < -0.39 is 0 Å². The average molecular weight is 295 g/mol. The summed E-state index contributed by atoms with van der Waals surface area (Å²) in [6.45, 7) is 2.65. The van der Waals surface area contributed by atoms with E-state index in [9.17, 15) is 9.59 Å². The normalized spacial score (nSPS) is 10.2. The third kappa shape index (κ3) is 5.17. The molecule has 0 bridgehead atoms. The van der Waals surface area contributed by atoms with Gasteiger partial charge in [0.2, 0.25) is 5.91 Å². The lowest BCUT2D eigenvalue weighted by Gasteiger charge is -2.06. The first kappa shape index (κ1) is 16.0. The molecular formula is C19H21NO2. The van der Waals surface area contributed by atoms with E-state index in [1.807, 2.05) is 18.2 Å². The predicted molar refractivity (Wildman–Crippen MR) is 87.9 cm³/mol. The number of carbonyl (C=O) groups is 2. The van der Waals surface area contributed by atoms with E-state index in [0.29, 0.717) is 12.1 Å². The molecular weight excluding hydrogens is 274 g/mol. The van der Waals surface area contributed by atoms with Crippen molar-refractivity contribution in [2.45, 2.75) is 26.2 Å². The van der Waals surface area contributed by atoms with Crippen molar-refractivity contribution in [3.8, 4) is 0 Å². The fourth-order valence-electron chi connectivity index (χ4n) is 2.18. The summed E-state index contributed by atoms with van der Waals surface area (Å²) < 4.78 is 0. The highest BCUT2D eigenvalue weighted by atomic mass is 16.2. The molecule has 0 aromatic heterocycles. The van der Waals surface area contributed by atoms with Crippen molar-refractivity contribution in [3.63, 3.8) is 0 Å². The zero-order chi connectivity index (χ0) is 15.8. The summed E-state index contributed by atoms with van der Waals surface area (Å²) in [6.07, 6.45) is 1.29. The van der Waals surface area contributed by atoms with Crippen LogP contribution >= 0.6 is 0 Å². The van der Waals surface area contributed by atoms with E-state index in [-0.39, 0.29) is 24.5 Å². The first-order valence-corrected chi connectivity index (χ1v) is 7.55. The number of ketones is 1. The Morgan fingerprint density at radius 2 is 1.59 bits per heavy atom. The first-order chi connectivity index (χ1) is 10.6. The number of hydrogen-bond acceptors (Lipinski definition) is 2. The van der Waals surface area contributed by atoms with Gasteiger partial charge < -0.3 is 5.32 Å². The second-order valence-corrected chi connectivity index (χ2v) is 5.37. The lowest BCUT2D eigenvalue weighted by atomic mass is 10.1.